The number of nitrogens with zero attached hydrogens (tertiary/aromatic N) is 3. The summed E-state index contributed by atoms with van der Waals surface area (Å²) in [5, 5.41) is 32.8. The van der Waals surface area contributed by atoms with Crippen molar-refractivity contribution in [3.05, 3.63) is 40.8 Å². The van der Waals surface area contributed by atoms with Crippen molar-refractivity contribution in [3.63, 3.8) is 0 Å². The number of urea groups is 1. The van der Waals surface area contributed by atoms with Gasteiger partial charge in [-0.05, 0) is 36.4 Å². The molecule has 1 aromatic rings. The van der Waals surface area contributed by atoms with E-state index in [1.807, 2.05) is 0 Å². The summed E-state index contributed by atoms with van der Waals surface area (Å²) in [6.45, 7) is 0.0686. The predicted molar refractivity (Wildman–Crippen MR) is 127 cm³/mol. The average Bonchev–Trinajstić information content (AvgIpc) is 2.88. The molecule has 0 spiro atoms. The molecule has 0 radical (unpaired) electrons. The Morgan fingerprint density at radius 3 is 1.97 bits per heavy atom. The zero-order chi connectivity index (χ0) is 29.1. The fourth-order valence-electron chi connectivity index (χ4n) is 3.75. The maximum absolute atomic E-state index is 13.0. The number of amides is 5. The lowest BCUT2D eigenvalue weighted by Gasteiger charge is -2.39. The predicted octanol–water partition coefficient (Wildman–Crippen LogP) is 0.780. The number of imide groups is 2. The van der Waals surface area contributed by atoms with Crippen LogP contribution in [0, 0.1) is 4.91 Å². The molecule has 16 nitrogen and oxygen atoms in total. The minimum atomic E-state index is -2.43. The van der Waals surface area contributed by atoms with Gasteiger partial charge < -0.3 is 25.4 Å². The smallest absolute Gasteiger partial charge is 0.407 e. The molecule has 1 aliphatic heterocycles. The van der Waals surface area contributed by atoms with E-state index in [0.29, 0.717) is 0 Å². The Labute approximate surface area is 220 Å². The van der Waals surface area contributed by atoms with Gasteiger partial charge in [-0.15, -0.1) is 4.91 Å². The molecule has 39 heavy (non-hydrogen) atoms. The highest BCUT2D eigenvalue weighted by Crippen LogP contribution is 2.24. The van der Waals surface area contributed by atoms with Crippen LogP contribution in [-0.4, -0.2) is 91.6 Å². The number of barbiturate groups is 1. The van der Waals surface area contributed by atoms with Crippen molar-refractivity contribution in [2.75, 3.05) is 6.54 Å². The van der Waals surface area contributed by atoms with E-state index in [1.165, 1.54) is 0 Å². The lowest BCUT2D eigenvalue weighted by atomic mass is 10.0. The Hall–Kier alpha value is -4.89. The van der Waals surface area contributed by atoms with Gasteiger partial charge in [-0.2, -0.15) is 0 Å². The van der Waals surface area contributed by atoms with E-state index in [0.717, 1.165) is 5.56 Å². The third kappa shape index (κ3) is 8.05. The maximum atomic E-state index is 13.0. The number of alkyl carbamates (subject to hydrolysis) is 1. The van der Waals surface area contributed by atoms with Crippen molar-refractivity contribution in [1.82, 2.24) is 15.1 Å². The zero-order valence-corrected chi connectivity index (χ0v) is 20.4. The lowest BCUT2D eigenvalue weighted by molar-refractivity contribution is -0.159. The van der Waals surface area contributed by atoms with Crippen LogP contribution in [0.2, 0.25) is 0 Å². The Morgan fingerprint density at radius 1 is 0.897 bits per heavy atom. The molecule has 3 atom stereocenters. The molecular weight excluding hydrogens is 524 g/mol. The van der Waals surface area contributed by atoms with Crippen molar-refractivity contribution in [3.8, 4) is 0 Å². The number of carbonyl (C=O) groups is 7. The van der Waals surface area contributed by atoms with Gasteiger partial charge >= 0.3 is 30.0 Å². The molecule has 4 N–H and O–H groups in total. The van der Waals surface area contributed by atoms with Gasteiger partial charge in [0.2, 0.25) is 6.04 Å². The highest BCUT2D eigenvalue weighted by molar-refractivity contribution is 6.21. The molecule has 1 heterocycles. The monoisotopic (exact) mass is 550 g/mol. The molecular formula is C23H26N4O12. The summed E-state index contributed by atoms with van der Waals surface area (Å²) in [4.78, 5) is 95.9. The van der Waals surface area contributed by atoms with Gasteiger partial charge in [-0.3, -0.25) is 14.4 Å². The van der Waals surface area contributed by atoms with Crippen molar-refractivity contribution in [2.45, 2.75) is 56.8 Å². The molecule has 16 heteroatoms. The molecule has 1 saturated heterocycles. The van der Waals surface area contributed by atoms with Gasteiger partial charge in [0, 0.05) is 13.0 Å². The van der Waals surface area contributed by atoms with Gasteiger partial charge in [-0.1, -0.05) is 30.3 Å². The number of hydrogen-bond acceptors (Lipinski definition) is 10. The SMILES string of the molecule is O=NC1C(=O)N(C(CCCCNC(=O)OCc2ccccc2)C(=O)O)C(=O)N(C(CCC(=O)O)C(=O)O)C1=O. The van der Waals surface area contributed by atoms with Crippen molar-refractivity contribution < 1.29 is 53.6 Å². The van der Waals surface area contributed by atoms with Crippen LogP contribution in [-0.2, 0) is 35.3 Å². The highest BCUT2D eigenvalue weighted by Gasteiger charge is 2.54. The Morgan fingerprint density at radius 2 is 1.46 bits per heavy atom. The molecule has 1 aliphatic rings. The van der Waals surface area contributed by atoms with Gasteiger partial charge in [0.05, 0.1) is 0 Å². The molecule has 3 unspecified atom stereocenters. The first-order valence-corrected chi connectivity index (χ1v) is 11.6. The summed E-state index contributed by atoms with van der Waals surface area (Å²) in [7, 11) is 0. The van der Waals surface area contributed by atoms with E-state index in [-0.39, 0.29) is 42.2 Å². The van der Waals surface area contributed by atoms with Crippen LogP contribution in [0.15, 0.2) is 35.5 Å². The van der Waals surface area contributed by atoms with Gasteiger partial charge in [-0.25, -0.2) is 29.0 Å². The molecule has 0 aliphatic carbocycles. The van der Waals surface area contributed by atoms with Crippen molar-refractivity contribution in [1.29, 1.82) is 0 Å². The van der Waals surface area contributed by atoms with Crippen LogP contribution >= 0.6 is 0 Å². The van der Waals surface area contributed by atoms with Crippen LogP contribution in [0.1, 0.15) is 37.7 Å². The first-order valence-electron chi connectivity index (χ1n) is 11.6. The quantitative estimate of drug-likeness (QED) is 0.135. The third-order valence-corrected chi connectivity index (χ3v) is 5.67. The largest absolute Gasteiger partial charge is 0.481 e. The van der Waals surface area contributed by atoms with E-state index in [1.54, 1.807) is 30.3 Å². The number of benzene rings is 1. The Bertz CT molecular complexity index is 1130. The summed E-state index contributed by atoms with van der Waals surface area (Å²) in [6, 6.07) is 0.787. The summed E-state index contributed by atoms with van der Waals surface area (Å²) in [5.41, 5.74) is 0.761. The summed E-state index contributed by atoms with van der Waals surface area (Å²) in [6.07, 6.45) is -2.46. The summed E-state index contributed by atoms with van der Waals surface area (Å²) >= 11 is 0. The normalized spacial score (nSPS) is 16.8. The average molecular weight is 550 g/mol. The second-order valence-electron chi connectivity index (χ2n) is 8.33. The van der Waals surface area contributed by atoms with Crippen molar-refractivity contribution >= 4 is 41.8 Å². The number of ether oxygens (including phenoxy) is 1. The van der Waals surface area contributed by atoms with Gasteiger partial charge in [0.15, 0.2) is 0 Å². The van der Waals surface area contributed by atoms with Crippen LogP contribution in [0.5, 0.6) is 0 Å². The number of nitrogens with one attached hydrogen (secondary N) is 1. The van der Waals surface area contributed by atoms with E-state index in [2.05, 4.69) is 10.5 Å². The number of nitroso groups, excluding NO2 is 1. The fourth-order valence-corrected chi connectivity index (χ4v) is 3.75. The number of rotatable bonds is 15. The van der Waals surface area contributed by atoms with E-state index >= 15 is 0 Å². The molecule has 210 valence electrons. The van der Waals surface area contributed by atoms with E-state index < -0.39 is 72.8 Å². The second-order valence-corrected chi connectivity index (χ2v) is 8.33. The van der Waals surface area contributed by atoms with Crippen LogP contribution < -0.4 is 5.32 Å². The highest BCUT2D eigenvalue weighted by atomic mass is 16.5. The van der Waals surface area contributed by atoms with Crippen LogP contribution in [0.4, 0.5) is 9.59 Å². The second kappa shape index (κ2) is 14.2. The lowest BCUT2D eigenvalue weighted by Crippen LogP contribution is -2.68. The van der Waals surface area contributed by atoms with Gasteiger partial charge in [0.1, 0.15) is 18.7 Å². The maximum Gasteiger partial charge on any atom is 0.407 e. The van der Waals surface area contributed by atoms with Crippen LogP contribution in [0.3, 0.4) is 0 Å². The summed E-state index contributed by atoms with van der Waals surface area (Å²) in [5.74, 6) is -8.10. The van der Waals surface area contributed by atoms with Gasteiger partial charge in [0.25, 0.3) is 11.8 Å². The minimum absolute atomic E-state index is 0.0149. The van der Waals surface area contributed by atoms with Crippen molar-refractivity contribution in [2.24, 2.45) is 5.18 Å². The number of carboxylic acid groups (broad SMARTS) is 3. The number of aliphatic carboxylic acids is 3. The standard InChI is InChI=1S/C23H26N4O12/c28-16(29)10-9-15(21(34)35)27-19(31)17(25-38)18(30)26(23(27)37)14(20(32)33)8-4-5-11-24-22(36)39-12-13-6-2-1-3-7-13/h1-3,6-7,14-15,17H,4-5,8-12H2,(H,24,36)(H,28,29)(H,32,33)(H,34,35). The Balaban J connectivity index is 2.06. The van der Waals surface area contributed by atoms with Crippen LogP contribution in [0.25, 0.3) is 0 Å². The summed E-state index contributed by atoms with van der Waals surface area (Å²) < 4.78 is 5.04. The molecule has 2 rings (SSSR count). The Kier molecular flexibility index (Phi) is 11.0. The fraction of sp³-hybridized carbons (Fsp3) is 0.435. The molecule has 1 fully saturated rings. The van der Waals surface area contributed by atoms with E-state index in [9.17, 15) is 48.7 Å². The number of unbranched alkanes of at least 4 members (excludes halogenated alkanes) is 1. The molecule has 0 aromatic heterocycles. The third-order valence-electron chi connectivity index (χ3n) is 5.67. The number of hydrogen-bond donors (Lipinski definition) is 4. The first-order chi connectivity index (χ1) is 18.5. The first kappa shape index (κ1) is 30.3. The molecule has 5 amide bonds. The molecule has 0 saturated carbocycles. The number of carboxylic acids is 3. The minimum Gasteiger partial charge on any atom is -0.481 e. The zero-order valence-electron chi connectivity index (χ0n) is 20.4. The number of carbonyl (C=O) groups excluding carboxylic acids is 4. The molecule has 0 bridgehead atoms. The topological polar surface area (TPSA) is 237 Å². The van der Waals surface area contributed by atoms with E-state index in [4.69, 9.17) is 9.84 Å². The molecule has 1 aromatic carbocycles.